The zero-order chi connectivity index (χ0) is 16.2. The third-order valence-electron chi connectivity index (χ3n) is 3.49. The van der Waals surface area contributed by atoms with Crippen molar-refractivity contribution in [2.24, 2.45) is 4.99 Å². The van der Waals surface area contributed by atoms with Gasteiger partial charge in [-0.3, -0.25) is 9.79 Å². The molecular formula is C15H17N5O3. The number of fused-ring (bicyclic) bond motifs is 1. The van der Waals surface area contributed by atoms with Crippen LogP contribution >= 0.6 is 0 Å². The van der Waals surface area contributed by atoms with E-state index in [1.54, 1.807) is 18.2 Å². The number of aliphatic imine (C=N–C) groups is 1. The largest absolute Gasteiger partial charge is 0.477 e. The van der Waals surface area contributed by atoms with Crippen LogP contribution in [0.25, 0.3) is 10.9 Å². The van der Waals surface area contributed by atoms with Gasteiger partial charge in [0.25, 0.3) is 5.91 Å². The summed E-state index contributed by atoms with van der Waals surface area (Å²) in [5.41, 5.74) is 1.28. The number of nitrogens with zero attached hydrogens (tertiary/aromatic N) is 1. The number of H-pyrrole nitrogens is 1. The van der Waals surface area contributed by atoms with Crippen LogP contribution in [0.2, 0.25) is 0 Å². The Kier molecular flexibility index (Phi) is 4.13. The molecule has 8 heteroatoms. The maximum Gasteiger partial charge on any atom is 0.352 e. The summed E-state index contributed by atoms with van der Waals surface area (Å²) in [6.45, 7) is 2.64. The van der Waals surface area contributed by atoms with Crippen LogP contribution < -0.4 is 16.0 Å². The average molecular weight is 315 g/mol. The topological polar surface area (TPSA) is 119 Å². The molecule has 1 aliphatic rings. The van der Waals surface area contributed by atoms with Gasteiger partial charge < -0.3 is 26.0 Å². The van der Waals surface area contributed by atoms with Crippen molar-refractivity contribution < 1.29 is 14.7 Å². The van der Waals surface area contributed by atoms with E-state index in [4.69, 9.17) is 5.11 Å². The van der Waals surface area contributed by atoms with Crippen LogP contribution in [0.1, 0.15) is 20.8 Å². The Balaban J connectivity index is 1.58. The molecule has 8 nitrogen and oxygen atoms in total. The SMILES string of the molecule is O=C(NCCNC1=NCCN1)c1ccc2[nH]c(C(=O)O)cc2c1. The van der Waals surface area contributed by atoms with Gasteiger partial charge in [-0.2, -0.15) is 0 Å². The highest BCUT2D eigenvalue weighted by molar-refractivity contribution is 6.00. The summed E-state index contributed by atoms with van der Waals surface area (Å²) < 4.78 is 0. The molecule has 3 rings (SSSR count). The maximum absolute atomic E-state index is 12.1. The number of hydrogen-bond donors (Lipinski definition) is 5. The summed E-state index contributed by atoms with van der Waals surface area (Å²) in [6, 6.07) is 6.55. The second-order valence-electron chi connectivity index (χ2n) is 5.13. The molecular weight excluding hydrogens is 298 g/mol. The monoisotopic (exact) mass is 315 g/mol. The van der Waals surface area contributed by atoms with E-state index in [0.29, 0.717) is 29.6 Å². The molecule has 0 fully saturated rings. The molecule has 0 bridgehead atoms. The lowest BCUT2D eigenvalue weighted by Crippen LogP contribution is -2.39. The van der Waals surface area contributed by atoms with Gasteiger partial charge >= 0.3 is 5.97 Å². The molecule has 23 heavy (non-hydrogen) atoms. The van der Waals surface area contributed by atoms with Crippen LogP contribution in [0.3, 0.4) is 0 Å². The molecule has 1 amide bonds. The predicted octanol–water partition coefficient (Wildman–Crippen LogP) is 0.145. The van der Waals surface area contributed by atoms with E-state index in [9.17, 15) is 9.59 Å². The van der Waals surface area contributed by atoms with Gasteiger partial charge in [-0.25, -0.2) is 4.79 Å². The van der Waals surface area contributed by atoms with Crippen molar-refractivity contribution in [3.8, 4) is 0 Å². The summed E-state index contributed by atoms with van der Waals surface area (Å²) in [5, 5.41) is 18.6. The Hall–Kier alpha value is -3.03. The molecule has 1 aromatic heterocycles. The van der Waals surface area contributed by atoms with Gasteiger partial charge in [-0.05, 0) is 24.3 Å². The third kappa shape index (κ3) is 3.42. The highest BCUT2D eigenvalue weighted by Gasteiger charge is 2.11. The van der Waals surface area contributed by atoms with E-state index >= 15 is 0 Å². The molecule has 120 valence electrons. The number of amides is 1. The van der Waals surface area contributed by atoms with E-state index in [2.05, 4.69) is 25.9 Å². The lowest BCUT2D eigenvalue weighted by atomic mass is 10.1. The molecule has 1 aromatic carbocycles. The van der Waals surface area contributed by atoms with Gasteiger partial charge in [0, 0.05) is 36.1 Å². The van der Waals surface area contributed by atoms with E-state index in [1.807, 2.05) is 0 Å². The number of carbonyl (C=O) groups is 2. The van der Waals surface area contributed by atoms with Crippen LogP contribution in [-0.4, -0.2) is 54.1 Å². The first-order valence-electron chi connectivity index (χ1n) is 7.30. The Bertz CT molecular complexity index is 781. The van der Waals surface area contributed by atoms with Crippen LogP contribution in [0, 0.1) is 0 Å². The number of nitrogens with one attached hydrogen (secondary N) is 4. The highest BCUT2D eigenvalue weighted by Crippen LogP contribution is 2.17. The quantitative estimate of drug-likeness (QED) is 0.503. The van der Waals surface area contributed by atoms with Crippen molar-refractivity contribution in [2.75, 3.05) is 26.2 Å². The molecule has 0 atom stereocenters. The standard InChI is InChI=1S/C15H17N5O3/c21-13(16-3-4-17-15-18-5-6-19-15)9-1-2-11-10(7-9)8-12(20-11)14(22)23/h1-2,7-8,20H,3-6H2,(H,16,21)(H,22,23)(H2,17,18,19). The molecule has 0 aliphatic carbocycles. The summed E-state index contributed by atoms with van der Waals surface area (Å²) in [4.78, 5) is 30.0. The Morgan fingerprint density at radius 3 is 2.87 bits per heavy atom. The minimum Gasteiger partial charge on any atom is -0.477 e. The summed E-state index contributed by atoms with van der Waals surface area (Å²) >= 11 is 0. The van der Waals surface area contributed by atoms with Crippen LogP contribution in [-0.2, 0) is 0 Å². The summed E-state index contributed by atoms with van der Waals surface area (Å²) in [5.74, 6) is -0.469. The molecule has 0 radical (unpaired) electrons. The van der Waals surface area contributed by atoms with Crippen LogP contribution in [0.4, 0.5) is 0 Å². The highest BCUT2D eigenvalue weighted by atomic mass is 16.4. The predicted molar refractivity (Wildman–Crippen MR) is 85.9 cm³/mol. The van der Waals surface area contributed by atoms with Gasteiger partial charge in [-0.15, -0.1) is 0 Å². The molecule has 2 aromatic rings. The number of carbonyl (C=O) groups excluding carboxylic acids is 1. The fourth-order valence-electron chi connectivity index (χ4n) is 2.36. The minimum absolute atomic E-state index is 0.103. The van der Waals surface area contributed by atoms with Crippen molar-refractivity contribution in [2.45, 2.75) is 0 Å². The van der Waals surface area contributed by atoms with Gasteiger partial charge in [0.2, 0.25) is 0 Å². The molecule has 2 heterocycles. The fraction of sp³-hybridized carbons (Fsp3) is 0.267. The molecule has 1 aliphatic heterocycles. The number of aromatic nitrogens is 1. The lowest BCUT2D eigenvalue weighted by Gasteiger charge is -2.08. The zero-order valence-corrected chi connectivity index (χ0v) is 12.3. The molecule has 5 N–H and O–H groups in total. The second-order valence-corrected chi connectivity index (χ2v) is 5.13. The van der Waals surface area contributed by atoms with E-state index in [0.717, 1.165) is 19.0 Å². The molecule has 0 saturated carbocycles. The Morgan fingerprint density at radius 1 is 1.26 bits per heavy atom. The Labute approximate surface area is 132 Å². The third-order valence-corrected chi connectivity index (χ3v) is 3.49. The van der Waals surface area contributed by atoms with Crippen LogP contribution in [0.15, 0.2) is 29.3 Å². The number of carboxylic acid groups (broad SMARTS) is 1. The fourth-order valence-corrected chi connectivity index (χ4v) is 2.36. The number of aromatic carboxylic acids is 1. The van der Waals surface area contributed by atoms with Gasteiger partial charge in [-0.1, -0.05) is 0 Å². The summed E-state index contributed by atoms with van der Waals surface area (Å²) in [7, 11) is 0. The van der Waals surface area contributed by atoms with E-state index in [1.165, 1.54) is 6.07 Å². The Morgan fingerprint density at radius 2 is 2.13 bits per heavy atom. The van der Waals surface area contributed by atoms with Gasteiger partial charge in [0.1, 0.15) is 5.69 Å². The number of benzene rings is 1. The minimum atomic E-state index is -1.03. The van der Waals surface area contributed by atoms with E-state index in [-0.39, 0.29) is 11.6 Å². The van der Waals surface area contributed by atoms with Crippen molar-refractivity contribution in [1.82, 2.24) is 20.9 Å². The normalized spacial score (nSPS) is 13.5. The average Bonchev–Trinajstić information content (AvgIpc) is 3.19. The first kappa shape index (κ1) is 14.9. The van der Waals surface area contributed by atoms with Crippen molar-refractivity contribution >= 4 is 28.7 Å². The first-order chi connectivity index (χ1) is 11.1. The van der Waals surface area contributed by atoms with E-state index < -0.39 is 5.97 Å². The smallest absolute Gasteiger partial charge is 0.352 e. The van der Waals surface area contributed by atoms with Crippen molar-refractivity contribution in [3.63, 3.8) is 0 Å². The number of guanidine groups is 1. The van der Waals surface area contributed by atoms with Crippen molar-refractivity contribution in [3.05, 3.63) is 35.5 Å². The number of rotatable bonds is 5. The number of hydrogen-bond acceptors (Lipinski definition) is 5. The van der Waals surface area contributed by atoms with Gasteiger partial charge in [0.15, 0.2) is 5.96 Å². The first-order valence-corrected chi connectivity index (χ1v) is 7.30. The molecule has 0 saturated heterocycles. The lowest BCUT2D eigenvalue weighted by molar-refractivity contribution is 0.0691. The molecule has 0 spiro atoms. The second kappa shape index (κ2) is 6.39. The van der Waals surface area contributed by atoms with Crippen LogP contribution in [0.5, 0.6) is 0 Å². The summed E-state index contributed by atoms with van der Waals surface area (Å²) in [6.07, 6.45) is 0. The maximum atomic E-state index is 12.1. The zero-order valence-electron chi connectivity index (χ0n) is 12.3. The number of aromatic amines is 1. The molecule has 0 unspecified atom stereocenters. The number of carboxylic acids is 1. The van der Waals surface area contributed by atoms with Crippen molar-refractivity contribution in [1.29, 1.82) is 0 Å². The van der Waals surface area contributed by atoms with Gasteiger partial charge in [0.05, 0.1) is 6.54 Å².